The lowest BCUT2D eigenvalue weighted by molar-refractivity contribution is -0.267. The van der Waals surface area contributed by atoms with Gasteiger partial charge in [0.25, 0.3) is 0 Å². The van der Waals surface area contributed by atoms with Gasteiger partial charge in [-0.2, -0.15) is 23.5 Å². The minimum atomic E-state index is -5.02. The molecule has 1 unspecified atom stereocenters. The summed E-state index contributed by atoms with van der Waals surface area (Å²) in [5.74, 6) is -1.00. The van der Waals surface area contributed by atoms with Crippen LogP contribution in [0.2, 0.25) is 0 Å². The SMILES string of the molecule is N#Cc1cccnc1N1CCC(c2[nH]nc3c2C(O)(C(F)(F)F)CC(=O)N3)CC1. The molecule has 2 aromatic heterocycles. The molecule has 152 valence electrons. The summed E-state index contributed by atoms with van der Waals surface area (Å²) < 4.78 is 41.0. The highest BCUT2D eigenvalue weighted by atomic mass is 19.4. The number of nitrogens with one attached hydrogen (secondary N) is 2. The van der Waals surface area contributed by atoms with E-state index in [1.54, 1.807) is 18.3 Å². The highest BCUT2D eigenvalue weighted by Crippen LogP contribution is 2.49. The number of aromatic amines is 1. The number of hydrogen-bond donors (Lipinski definition) is 3. The highest BCUT2D eigenvalue weighted by molar-refractivity contribution is 5.94. The number of halogens is 3. The first-order valence-electron chi connectivity index (χ1n) is 9.02. The van der Waals surface area contributed by atoms with E-state index in [0.29, 0.717) is 37.3 Å². The molecular formula is C18H17F3N6O2. The van der Waals surface area contributed by atoms with E-state index in [1.807, 2.05) is 4.90 Å². The molecular weight excluding hydrogens is 389 g/mol. The normalized spacial score (nSPS) is 22.7. The molecule has 0 aromatic carbocycles. The lowest BCUT2D eigenvalue weighted by atomic mass is 9.81. The van der Waals surface area contributed by atoms with E-state index in [2.05, 4.69) is 26.6 Å². The van der Waals surface area contributed by atoms with Crippen molar-refractivity contribution < 1.29 is 23.1 Å². The third-order valence-corrected chi connectivity index (χ3v) is 5.46. The molecule has 4 rings (SSSR count). The number of rotatable bonds is 2. The van der Waals surface area contributed by atoms with E-state index in [0.717, 1.165) is 0 Å². The summed E-state index contributed by atoms with van der Waals surface area (Å²) in [5.41, 5.74) is -3.07. The maximum atomic E-state index is 13.7. The Bertz CT molecular complexity index is 990. The van der Waals surface area contributed by atoms with Crippen LogP contribution in [-0.2, 0) is 10.4 Å². The Balaban J connectivity index is 1.61. The number of anilines is 2. The first-order valence-corrected chi connectivity index (χ1v) is 9.02. The van der Waals surface area contributed by atoms with Crippen molar-refractivity contribution in [3.05, 3.63) is 35.2 Å². The van der Waals surface area contributed by atoms with E-state index < -0.39 is 29.7 Å². The van der Waals surface area contributed by atoms with Gasteiger partial charge in [0.15, 0.2) is 11.4 Å². The number of fused-ring (bicyclic) bond motifs is 1. The minimum Gasteiger partial charge on any atom is -0.376 e. The number of hydrogen-bond acceptors (Lipinski definition) is 6. The van der Waals surface area contributed by atoms with Gasteiger partial charge in [-0.05, 0) is 25.0 Å². The molecule has 11 heteroatoms. The largest absolute Gasteiger partial charge is 0.422 e. The van der Waals surface area contributed by atoms with Crippen LogP contribution in [0.25, 0.3) is 0 Å². The molecule has 0 aliphatic carbocycles. The number of piperidine rings is 1. The maximum absolute atomic E-state index is 13.7. The second-order valence-corrected chi connectivity index (χ2v) is 7.19. The van der Waals surface area contributed by atoms with Crippen molar-refractivity contribution in [3.63, 3.8) is 0 Å². The molecule has 1 amide bonds. The van der Waals surface area contributed by atoms with Crippen molar-refractivity contribution in [2.45, 2.75) is 37.0 Å². The smallest absolute Gasteiger partial charge is 0.376 e. The topological polar surface area (TPSA) is 118 Å². The number of alkyl halides is 3. The molecule has 2 aliphatic heterocycles. The van der Waals surface area contributed by atoms with Gasteiger partial charge in [-0.15, -0.1) is 0 Å². The molecule has 8 nitrogen and oxygen atoms in total. The molecule has 29 heavy (non-hydrogen) atoms. The molecule has 1 saturated heterocycles. The van der Waals surface area contributed by atoms with Gasteiger partial charge >= 0.3 is 6.18 Å². The number of aromatic nitrogens is 3. The molecule has 0 saturated carbocycles. The Morgan fingerprint density at radius 1 is 1.34 bits per heavy atom. The van der Waals surface area contributed by atoms with Crippen LogP contribution >= 0.6 is 0 Å². The van der Waals surface area contributed by atoms with Gasteiger partial charge in [0.05, 0.1) is 17.5 Å². The second-order valence-electron chi connectivity index (χ2n) is 7.19. The molecule has 2 aliphatic rings. The average molecular weight is 406 g/mol. The molecule has 4 heterocycles. The van der Waals surface area contributed by atoms with Gasteiger partial charge in [-0.1, -0.05) is 0 Å². The number of nitrogens with zero attached hydrogens (tertiary/aromatic N) is 4. The third kappa shape index (κ3) is 3.09. The summed E-state index contributed by atoms with van der Waals surface area (Å²) in [4.78, 5) is 17.8. The van der Waals surface area contributed by atoms with Gasteiger partial charge in [-0.3, -0.25) is 9.89 Å². The second kappa shape index (κ2) is 6.73. The number of aliphatic hydroxyl groups is 1. The Kier molecular flexibility index (Phi) is 4.46. The first kappa shape index (κ1) is 19.2. The van der Waals surface area contributed by atoms with E-state index >= 15 is 0 Å². The van der Waals surface area contributed by atoms with Crippen molar-refractivity contribution in [1.29, 1.82) is 5.26 Å². The highest BCUT2D eigenvalue weighted by Gasteiger charge is 2.61. The fourth-order valence-corrected chi connectivity index (χ4v) is 4.02. The van der Waals surface area contributed by atoms with Crippen molar-refractivity contribution in [1.82, 2.24) is 15.2 Å². The molecule has 0 bridgehead atoms. The number of nitriles is 1. The fourth-order valence-electron chi connectivity index (χ4n) is 4.02. The molecule has 0 spiro atoms. The quantitative estimate of drug-likeness (QED) is 0.703. The third-order valence-electron chi connectivity index (χ3n) is 5.46. The fraction of sp³-hybridized carbons (Fsp3) is 0.444. The number of amides is 1. The number of pyridine rings is 1. The zero-order valence-corrected chi connectivity index (χ0v) is 15.1. The zero-order valence-electron chi connectivity index (χ0n) is 15.1. The predicted octanol–water partition coefficient (Wildman–Crippen LogP) is 2.15. The van der Waals surface area contributed by atoms with Crippen LogP contribution in [0, 0.1) is 11.3 Å². The molecule has 1 atom stereocenters. The van der Waals surface area contributed by atoms with Crippen LogP contribution in [0.5, 0.6) is 0 Å². The van der Waals surface area contributed by atoms with Gasteiger partial charge in [-0.25, -0.2) is 4.98 Å². The van der Waals surface area contributed by atoms with Crippen molar-refractivity contribution in [3.8, 4) is 6.07 Å². The standard InChI is InChI=1S/C18H17F3N6O2/c19-18(20,21)17(29)8-12(28)24-15-13(17)14(25-26-15)10-3-6-27(7-4-10)16-11(9-22)2-1-5-23-16/h1-2,5,10,29H,3-4,6-8H2,(H2,24,25,26,28). The lowest BCUT2D eigenvalue weighted by Crippen LogP contribution is -2.49. The number of H-pyrrole nitrogens is 1. The van der Waals surface area contributed by atoms with Gasteiger partial charge in [0.2, 0.25) is 5.91 Å². The van der Waals surface area contributed by atoms with Crippen molar-refractivity contribution >= 4 is 17.5 Å². The molecule has 3 N–H and O–H groups in total. The Morgan fingerprint density at radius 2 is 2.07 bits per heavy atom. The number of carbonyl (C=O) groups excluding carboxylic acids is 1. The Morgan fingerprint density at radius 3 is 2.72 bits per heavy atom. The lowest BCUT2D eigenvalue weighted by Gasteiger charge is -2.37. The predicted molar refractivity (Wildman–Crippen MR) is 94.9 cm³/mol. The van der Waals surface area contributed by atoms with Crippen molar-refractivity contribution in [2.75, 3.05) is 23.3 Å². The van der Waals surface area contributed by atoms with Gasteiger partial charge in [0.1, 0.15) is 11.9 Å². The van der Waals surface area contributed by atoms with Gasteiger partial charge < -0.3 is 15.3 Å². The minimum absolute atomic E-state index is 0.181. The summed E-state index contributed by atoms with van der Waals surface area (Å²) in [5, 5.41) is 28.4. The maximum Gasteiger partial charge on any atom is 0.422 e. The van der Waals surface area contributed by atoms with Crippen LogP contribution in [0.15, 0.2) is 18.3 Å². The summed E-state index contributed by atoms with van der Waals surface area (Å²) in [6, 6.07) is 5.41. The zero-order chi connectivity index (χ0) is 20.8. The summed E-state index contributed by atoms with van der Waals surface area (Å²) in [7, 11) is 0. The van der Waals surface area contributed by atoms with Crippen LogP contribution in [0.1, 0.15) is 42.0 Å². The monoisotopic (exact) mass is 406 g/mol. The summed E-state index contributed by atoms with van der Waals surface area (Å²) >= 11 is 0. The van der Waals surface area contributed by atoms with E-state index in [1.165, 1.54) is 0 Å². The molecule has 0 radical (unpaired) electrons. The van der Waals surface area contributed by atoms with Crippen LogP contribution in [0.3, 0.4) is 0 Å². The molecule has 2 aromatic rings. The van der Waals surface area contributed by atoms with Crippen LogP contribution < -0.4 is 10.2 Å². The Labute approximate surface area is 163 Å². The Hall–Kier alpha value is -3.13. The van der Waals surface area contributed by atoms with E-state index in [4.69, 9.17) is 0 Å². The van der Waals surface area contributed by atoms with Crippen LogP contribution in [-0.4, -0.2) is 45.5 Å². The summed E-state index contributed by atoms with van der Waals surface area (Å²) in [6.07, 6.45) is -3.60. The van der Waals surface area contributed by atoms with Crippen molar-refractivity contribution in [2.24, 2.45) is 0 Å². The molecule has 1 fully saturated rings. The number of carbonyl (C=O) groups is 1. The van der Waals surface area contributed by atoms with Crippen LogP contribution in [0.4, 0.5) is 24.8 Å². The average Bonchev–Trinajstić information content (AvgIpc) is 3.11. The first-order chi connectivity index (χ1) is 13.7. The summed E-state index contributed by atoms with van der Waals surface area (Å²) in [6.45, 7) is 0.946. The van der Waals surface area contributed by atoms with E-state index in [-0.39, 0.29) is 17.4 Å². The van der Waals surface area contributed by atoms with E-state index in [9.17, 15) is 28.3 Å². The van der Waals surface area contributed by atoms with Gasteiger partial charge in [0, 0.05) is 30.9 Å².